The fourth-order valence-corrected chi connectivity index (χ4v) is 4.02. The van der Waals surface area contributed by atoms with Crippen LogP contribution >= 0.6 is 11.3 Å². The van der Waals surface area contributed by atoms with E-state index in [4.69, 9.17) is 4.74 Å². The number of piperidine rings is 1. The molecule has 0 spiro atoms. The van der Waals surface area contributed by atoms with Crippen molar-refractivity contribution in [3.63, 3.8) is 0 Å². The number of ether oxygens (including phenoxy) is 1. The Hall–Kier alpha value is -1.37. The number of anilines is 1. The van der Waals surface area contributed by atoms with Crippen LogP contribution in [-0.4, -0.2) is 50.4 Å². The highest BCUT2D eigenvalue weighted by Crippen LogP contribution is 2.36. The molecule has 2 aliphatic heterocycles. The van der Waals surface area contributed by atoms with Crippen molar-refractivity contribution in [2.45, 2.75) is 18.9 Å². The first-order valence-corrected chi connectivity index (χ1v) is 8.99. The van der Waals surface area contributed by atoms with Gasteiger partial charge in [-0.3, -0.25) is 0 Å². The molecule has 4 rings (SSSR count). The Balaban J connectivity index is 1.62. The van der Waals surface area contributed by atoms with Crippen LogP contribution < -0.4 is 20.3 Å². The zero-order valence-corrected chi connectivity index (χ0v) is 13.5. The summed E-state index contributed by atoms with van der Waals surface area (Å²) in [5.41, 5.74) is 4.28. The van der Waals surface area contributed by atoms with Gasteiger partial charge in [-0.15, -0.1) is 11.3 Å². The average molecular weight is 318 g/mol. The van der Waals surface area contributed by atoms with Gasteiger partial charge in [0.1, 0.15) is 17.4 Å². The van der Waals surface area contributed by atoms with E-state index in [0.717, 1.165) is 63.4 Å². The second-order valence-electron chi connectivity index (χ2n) is 5.92. The molecule has 2 fully saturated rings. The van der Waals surface area contributed by atoms with Gasteiger partial charge in [-0.05, 0) is 38.1 Å². The number of rotatable bonds is 3. The minimum absolute atomic E-state index is 0.330. The summed E-state index contributed by atoms with van der Waals surface area (Å²) in [6.45, 7) is 6.27. The van der Waals surface area contributed by atoms with Gasteiger partial charge >= 0.3 is 0 Å². The molecule has 0 unspecified atom stereocenters. The van der Waals surface area contributed by atoms with Gasteiger partial charge in [0.25, 0.3) is 0 Å². The molecule has 2 aliphatic rings. The van der Waals surface area contributed by atoms with Gasteiger partial charge in [0.05, 0.1) is 15.9 Å². The maximum Gasteiger partial charge on any atom is 0.139 e. The highest BCUT2D eigenvalue weighted by molar-refractivity contribution is 7.17. The van der Waals surface area contributed by atoms with E-state index in [1.54, 1.807) is 11.3 Å². The normalized spacial score (nSPS) is 20.5. The zero-order chi connectivity index (χ0) is 14.8. The molecule has 2 N–H and O–H groups in total. The van der Waals surface area contributed by atoms with Crippen LogP contribution in [0.15, 0.2) is 17.6 Å². The van der Waals surface area contributed by atoms with Gasteiger partial charge in [-0.2, -0.15) is 0 Å². The van der Waals surface area contributed by atoms with Gasteiger partial charge in [-0.1, -0.05) is 0 Å². The molecule has 118 valence electrons. The Labute approximate surface area is 134 Å². The van der Waals surface area contributed by atoms with Crippen molar-refractivity contribution in [3.8, 4) is 5.75 Å². The minimum Gasteiger partial charge on any atom is -0.489 e. The molecule has 1 aromatic carbocycles. The van der Waals surface area contributed by atoms with Crippen LogP contribution in [0, 0.1) is 0 Å². The summed E-state index contributed by atoms with van der Waals surface area (Å²) in [4.78, 5) is 7.04. The van der Waals surface area contributed by atoms with Crippen molar-refractivity contribution >= 4 is 27.2 Å². The van der Waals surface area contributed by atoms with Crippen LogP contribution in [0.3, 0.4) is 0 Å². The van der Waals surface area contributed by atoms with E-state index in [1.165, 1.54) is 10.4 Å². The maximum absolute atomic E-state index is 6.27. The second kappa shape index (κ2) is 6.40. The lowest BCUT2D eigenvalue weighted by atomic mass is 10.1. The van der Waals surface area contributed by atoms with Crippen molar-refractivity contribution in [1.29, 1.82) is 0 Å². The Kier molecular flexibility index (Phi) is 4.14. The number of piperazine rings is 1. The molecule has 1 aromatic heterocycles. The first-order chi connectivity index (χ1) is 10.9. The second-order valence-corrected chi connectivity index (χ2v) is 6.77. The topological polar surface area (TPSA) is 49.4 Å². The van der Waals surface area contributed by atoms with E-state index in [-0.39, 0.29) is 0 Å². The molecule has 0 radical (unpaired) electrons. The molecule has 0 atom stereocenters. The summed E-state index contributed by atoms with van der Waals surface area (Å²) >= 11 is 1.69. The van der Waals surface area contributed by atoms with Gasteiger partial charge in [-0.25, -0.2) is 4.98 Å². The average Bonchev–Trinajstić information content (AvgIpc) is 3.07. The van der Waals surface area contributed by atoms with Crippen molar-refractivity contribution in [3.05, 3.63) is 17.6 Å². The lowest BCUT2D eigenvalue weighted by Crippen LogP contribution is -2.43. The molecular weight excluding hydrogens is 296 g/mol. The predicted molar refractivity (Wildman–Crippen MR) is 91.2 cm³/mol. The Morgan fingerprint density at radius 3 is 2.68 bits per heavy atom. The minimum atomic E-state index is 0.330. The van der Waals surface area contributed by atoms with Gasteiger partial charge < -0.3 is 20.3 Å². The fraction of sp³-hybridized carbons (Fsp3) is 0.562. The first kappa shape index (κ1) is 14.2. The number of benzene rings is 1. The van der Waals surface area contributed by atoms with Crippen molar-refractivity contribution in [2.24, 2.45) is 0 Å². The standard InChI is InChI=1S/C16H22N4OS/c1-2-14(21-12-3-5-17-6-4-12)16-15(19-11-22-16)13(1)20-9-7-18-8-10-20/h1-2,11-12,17-18H,3-10H2. The fourth-order valence-electron chi connectivity index (χ4n) is 3.26. The molecule has 22 heavy (non-hydrogen) atoms. The van der Waals surface area contributed by atoms with Crippen molar-refractivity contribution in [1.82, 2.24) is 15.6 Å². The summed E-state index contributed by atoms with van der Waals surface area (Å²) in [7, 11) is 0. The maximum atomic E-state index is 6.27. The largest absolute Gasteiger partial charge is 0.489 e. The zero-order valence-electron chi connectivity index (χ0n) is 12.7. The highest BCUT2D eigenvalue weighted by Gasteiger charge is 2.20. The van der Waals surface area contributed by atoms with Crippen LogP contribution in [0.25, 0.3) is 10.2 Å². The Bertz CT molecular complexity index is 632. The lowest BCUT2D eigenvalue weighted by Gasteiger charge is -2.30. The van der Waals surface area contributed by atoms with Gasteiger partial charge in [0.2, 0.25) is 0 Å². The summed E-state index contributed by atoms with van der Waals surface area (Å²) in [6.07, 6.45) is 2.50. The van der Waals surface area contributed by atoms with Crippen molar-refractivity contribution < 1.29 is 4.74 Å². The number of aromatic nitrogens is 1. The molecular formula is C16H22N4OS. The van der Waals surface area contributed by atoms with Crippen molar-refractivity contribution in [2.75, 3.05) is 44.2 Å². The van der Waals surface area contributed by atoms with E-state index >= 15 is 0 Å². The molecule has 0 amide bonds. The number of hydrogen-bond acceptors (Lipinski definition) is 6. The van der Waals surface area contributed by atoms with Crippen LogP contribution in [0.5, 0.6) is 5.75 Å². The molecule has 2 saturated heterocycles. The van der Waals surface area contributed by atoms with Crippen LogP contribution in [0.2, 0.25) is 0 Å². The number of thiazole rings is 1. The summed E-state index contributed by atoms with van der Waals surface area (Å²) in [5, 5.41) is 6.78. The summed E-state index contributed by atoms with van der Waals surface area (Å²) in [6, 6.07) is 4.32. The quantitative estimate of drug-likeness (QED) is 0.904. The molecule has 5 nitrogen and oxygen atoms in total. The van der Waals surface area contributed by atoms with Gasteiger partial charge in [0.15, 0.2) is 0 Å². The summed E-state index contributed by atoms with van der Waals surface area (Å²) < 4.78 is 7.46. The molecule has 3 heterocycles. The molecule has 0 aliphatic carbocycles. The number of fused-ring (bicyclic) bond motifs is 1. The number of hydrogen-bond donors (Lipinski definition) is 2. The summed E-state index contributed by atoms with van der Waals surface area (Å²) in [5.74, 6) is 1.00. The Morgan fingerprint density at radius 2 is 1.86 bits per heavy atom. The Morgan fingerprint density at radius 1 is 1.09 bits per heavy atom. The van der Waals surface area contributed by atoms with E-state index in [1.807, 2.05) is 5.51 Å². The molecule has 0 saturated carbocycles. The number of nitrogens with one attached hydrogen (secondary N) is 2. The van der Waals surface area contributed by atoms with Gasteiger partial charge in [0, 0.05) is 26.2 Å². The molecule has 0 bridgehead atoms. The smallest absolute Gasteiger partial charge is 0.139 e. The van der Waals surface area contributed by atoms with Crippen LogP contribution in [-0.2, 0) is 0 Å². The third-order valence-corrected chi connectivity index (χ3v) is 5.30. The van der Waals surface area contributed by atoms with Crippen LogP contribution in [0.4, 0.5) is 5.69 Å². The highest BCUT2D eigenvalue weighted by atomic mass is 32.1. The first-order valence-electron chi connectivity index (χ1n) is 8.11. The lowest BCUT2D eigenvalue weighted by molar-refractivity contribution is 0.165. The van der Waals surface area contributed by atoms with E-state index in [9.17, 15) is 0 Å². The predicted octanol–water partition coefficient (Wildman–Crippen LogP) is 1.84. The third kappa shape index (κ3) is 2.78. The van der Waals surface area contributed by atoms with E-state index in [2.05, 4.69) is 32.7 Å². The third-order valence-electron chi connectivity index (χ3n) is 4.46. The van der Waals surface area contributed by atoms with E-state index < -0.39 is 0 Å². The van der Waals surface area contributed by atoms with E-state index in [0.29, 0.717) is 6.10 Å². The number of nitrogens with zero attached hydrogens (tertiary/aromatic N) is 2. The van der Waals surface area contributed by atoms with Crippen LogP contribution in [0.1, 0.15) is 12.8 Å². The molecule has 6 heteroatoms. The monoisotopic (exact) mass is 318 g/mol. The molecule has 2 aromatic rings. The SMILES string of the molecule is c1nc2c(N3CCNCC3)ccc(OC3CCNCC3)c2s1.